The number of rotatable bonds is 3. The number of benzene rings is 2. The molecule has 0 atom stereocenters. The molecule has 0 heterocycles. The Hall–Kier alpha value is -1.60. The van der Waals surface area contributed by atoms with Gasteiger partial charge in [-0.05, 0) is 36.6 Å². The molecule has 0 spiro atoms. The van der Waals surface area contributed by atoms with Gasteiger partial charge in [0, 0.05) is 12.0 Å². The van der Waals surface area contributed by atoms with Gasteiger partial charge in [0.25, 0.3) is 0 Å². The van der Waals surface area contributed by atoms with Crippen LogP contribution < -0.4 is 5.32 Å². The van der Waals surface area contributed by atoms with Crippen molar-refractivity contribution in [2.45, 2.75) is 18.3 Å². The van der Waals surface area contributed by atoms with Crippen LogP contribution in [0.1, 0.15) is 16.7 Å². The molecule has 0 unspecified atom stereocenters. The first-order valence-corrected chi connectivity index (χ1v) is 6.61. The van der Waals surface area contributed by atoms with Gasteiger partial charge < -0.3 is 5.32 Å². The second kappa shape index (κ2) is 4.58. The topological polar surface area (TPSA) is 12.0 Å². The Labute approximate surface area is 109 Å². The molecule has 0 aromatic heterocycles. The van der Waals surface area contributed by atoms with Crippen LogP contribution in [0.15, 0.2) is 54.6 Å². The van der Waals surface area contributed by atoms with E-state index in [4.69, 9.17) is 0 Å². The smallest absolute Gasteiger partial charge is 0.0158 e. The highest BCUT2D eigenvalue weighted by Crippen LogP contribution is 2.39. The number of hydrogen-bond acceptors (Lipinski definition) is 1. The number of nitrogens with one attached hydrogen (secondary N) is 1. The zero-order chi connectivity index (χ0) is 12.4. The summed E-state index contributed by atoms with van der Waals surface area (Å²) in [5, 5.41) is 3.38. The summed E-state index contributed by atoms with van der Waals surface area (Å²) < 4.78 is 0. The molecule has 2 aromatic rings. The monoisotopic (exact) mass is 237 g/mol. The van der Waals surface area contributed by atoms with Crippen LogP contribution >= 0.6 is 0 Å². The summed E-state index contributed by atoms with van der Waals surface area (Å²) in [6.07, 6.45) is 2.29. The van der Waals surface area contributed by atoms with Crippen LogP contribution in [0, 0.1) is 0 Å². The Morgan fingerprint density at radius 1 is 0.889 bits per heavy atom. The highest BCUT2D eigenvalue weighted by Gasteiger charge is 2.37. The van der Waals surface area contributed by atoms with E-state index < -0.39 is 0 Å². The first kappa shape index (κ1) is 11.5. The van der Waals surface area contributed by atoms with Crippen molar-refractivity contribution in [1.29, 1.82) is 0 Å². The third kappa shape index (κ3) is 1.85. The lowest BCUT2D eigenvalue weighted by atomic mass is 9.77. The largest absolute Gasteiger partial charge is 0.319 e. The predicted octanol–water partition coefficient (Wildman–Crippen LogP) is 2.94. The Morgan fingerprint density at radius 3 is 2.00 bits per heavy atom. The van der Waals surface area contributed by atoms with E-state index in [0.29, 0.717) is 0 Å². The van der Waals surface area contributed by atoms with Crippen molar-refractivity contribution < 1.29 is 0 Å². The van der Waals surface area contributed by atoms with Gasteiger partial charge in [0.1, 0.15) is 0 Å². The summed E-state index contributed by atoms with van der Waals surface area (Å²) in [6, 6.07) is 19.8. The summed E-state index contributed by atoms with van der Waals surface area (Å²) in [4.78, 5) is 0. The average Bonchev–Trinajstić information content (AvgIpc) is 2.79. The summed E-state index contributed by atoms with van der Waals surface area (Å²) in [5.74, 6) is 0. The van der Waals surface area contributed by atoms with Crippen molar-refractivity contribution in [3.63, 3.8) is 0 Å². The number of hydrogen-bond donors (Lipinski definition) is 1. The Balaban J connectivity index is 2.02. The van der Waals surface area contributed by atoms with E-state index in [1.54, 1.807) is 0 Å². The van der Waals surface area contributed by atoms with Gasteiger partial charge in [-0.3, -0.25) is 0 Å². The maximum Gasteiger partial charge on any atom is 0.0158 e. The van der Waals surface area contributed by atoms with Gasteiger partial charge >= 0.3 is 0 Å². The number of fused-ring (bicyclic) bond motifs is 1. The van der Waals surface area contributed by atoms with Crippen LogP contribution in [0.25, 0.3) is 0 Å². The van der Waals surface area contributed by atoms with Gasteiger partial charge in [-0.2, -0.15) is 0 Å². The molecule has 0 aliphatic heterocycles. The quantitative estimate of drug-likeness (QED) is 0.865. The van der Waals surface area contributed by atoms with Gasteiger partial charge in [-0.15, -0.1) is 0 Å². The van der Waals surface area contributed by atoms with Crippen LogP contribution in [-0.4, -0.2) is 13.6 Å². The van der Waals surface area contributed by atoms with Crippen molar-refractivity contribution in [3.05, 3.63) is 71.3 Å². The molecular weight excluding hydrogens is 218 g/mol. The third-order valence-electron chi connectivity index (χ3n) is 4.08. The highest BCUT2D eigenvalue weighted by atomic mass is 14.8. The first-order chi connectivity index (χ1) is 8.84. The van der Waals surface area contributed by atoms with Crippen molar-refractivity contribution >= 4 is 0 Å². The lowest BCUT2D eigenvalue weighted by molar-refractivity contribution is 0.430. The molecule has 1 N–H and O–H groups in total. The molecule has 1 heteroatoms. The van der Waals surface area contributed by atoms with Crippen molar-refractivity contribution in [2.24, 2.45) is 0 Å². The zero-order valence-electron chi connectivity index (χ0n) is 10.8. The molecule has 0 bridgehead atoms. The van der Waals surface area contributed by atoms with E-state index in [1.807, 2.05) is 7.05 Å². The minimum Gasteiger partial charge on any atom is -0.319 e. The second-order valence-electron chi connectivity index (χ2n) is 5.30. The lowest BCUT2D eigenvalue weighted by Crippen LogP contribution is -2.37. The van der Waals surface area contributed by atoms with Crippen LogP contribution in [0.3, 0.4) is 0 Å². The van der Waals surface area contributed by atoms with E-state index in [0.717, 1.165) is 19.4 Å². The third-order valence-corrected chi connectivity index (χ3v) is 4.08. The summed E-state index contributed by atoms with van der Waals surface area (Å²) in [5.41, 5.74) is 4.71. The van der Waals surface area contributed by atoms with Crippen LogP contribution in [-0.2, 0) is 18.3 Å². The molecule has 1 aliphatic carbocycles. The van der Waals surface area contributed by atoms with E-state index in [-0.39, 0.29) is 5.41 Å². The second-order valence-corrected chi connectivity index (χ2v) is 5.30. The molecule has 0 radical (unpaired) electrons. The summed E-state index contributed by atoms with van der Waals surface area (Å²) in [6.45, 7) is 1.03. The van der Waals surface area contributed by atoms with Gasteiger partial charge in [0.2, 0.25) is 0 Å². The van der Waals surface area contributed by atoms with Crippen LogP contribution in [0.2, 0.25) is 0 Å². The molecule has 0 amide bonds. The molecule has 0 saturated carbocycles. The van der Waals surface area contributed by atoms with E-state index in [2.05, 4.69) is 59.9 Å². The van der Waals surface area contributed by atoms with Crippen molar-refractivity contribution in [3.8, 4) is 0 Å². The van der Waals surface area contributed by atoms with Gasteiger partial charge in [0.05, 0.1) is 0 Å². The fourth-order valence-electron chi connectivity index (χ4n) is 3.26. The molecule has 1 nitrogen and oxygen atoms in total. The predicted molar refractivity (Wildman–Crippen MR) is 75.9 cm³/mol. The van der Waals surface area contributed by atoms with E-state index >= 15 is 0 Å². The maximum absolute atomic E-state index is 3.38. The summed E-state index contributed by atoms with van der Waals surface area (Å²) in [7, 11) is 2.05. The molecule has 0 saturated heterocycles. The molecular formula is C17H19N. The summed E-state index contributed by atoms with van der Waals surface area (Å²) >= 11 is 0. The van der Waals surface area contributed by atoms with E-state index in [1.165, 1.54) is 16.7 Å². The molecule has 1 aliphatic rings. The van der Waals surface area contributed by atoms with Crippen molar-refractivity contribution in [1.82, 2.24) is 5.32 Å². The SMILES string of the molecule is CNCC1(c2ccccc2)Cc2ccccc2C1. The molecule has 92 valence electrons. The fourth-order valence-corrected chi connectivity index (χ4v) is 3.26. The van der Waals surface area contributed by atoms with Crippen LogP contribution in [0.5, 0.6) is 0 Å². The fraction of sp³-hybridized carbons (Fsp3) is 0.294. The molecule has 2 aromatic carbocycles. The minimum absolute atomic E-state index is 0.236. The molecule has 3 rings (SSSR count). The van der Waals surface area contributed by atoms with E-state index in [9.17, 15) is 0 Å². The molecule has 18 heavy (non-hydrogen) atoms. The standard InChI is InChI=1S/C17H19N/c1-18-13-17(16-9-3-2-4-10-16)11-14-7-5-6-8-15(14)12-17/h2-10,18H,11-13H2,1H3. The van der Waals surface area contributed by atoms with Gasteiger partial charge in [-0.25, -0.2) is 0 Å². The van der Waals surface area contributed by atoms with Gasteiger partial charge in [0.15, 0.2) is 0 Å². The number of likely N-dealkylation sites (N-methyl/N-ethyl adjacent to an activating group) is 1. The maximum atomic E-state index is 3.38. The lowest BCUT2D eigenvalue weighted by Gasteiger charge is -2.29. The molecule has 0 fully saturated rings. The Kier molecular flexibility index (Phi) is 2.92. The highest BCUT2D eigenvalue weighted by molar-refractivity contribution is 5.42. The van der Waals surface area contributed by atoms with Crippen molar-refractivity contribution in [2.75, 3.05) is 13.6 Å². The van der Waals surface area contributed by atoms with Crippen LogP contribution in [0.4, 0.5) is 0 Å². The Morgan fingerprint density at radius 2 is 1.44 bits per heavy atom. The first-order valence-electron chi connectivity index (χ1n) is 6.61. The zero-order valence-corrected chi connectivity index (χ0v) is 10.8. The van der Waals surface area contributed by atoms with Gasteiger partial charge in [-0.1, -0.05) is 54.6 Å². The normalized spacial score (nSPS) is 16.5. The average molecular weight is 237 g/mol. The minimum atomic E-state index is 0.236. The Bertz CT molecular complexity index is 505.